The van der Waals surface area contributed by atoms with Crippen molar-refractivity contribution in [3.05, 3.63) is 29.3 Å². The van der Waals surface area contributed by atoms with E-state index in [1.165, 1.54) is 0 Å². The van der Waals surface area contributed by atoms with Crippen LogP contribution in [0.1, 0.15) is 24.0 Å². The first-order valence-electron chi connectivity index (χ1n) is 8.51. The lowest BCUT2D eigenvalue weighted by Gasteiger charge is -2.48. The Hall–Kier alpha value is -2.30. The predicted molar refractivity (Wildman–Crippen MR) is 82.3 cm³/mol. The number of amides is 2. The molecule has 0 radical (unpaired) electrons. The minimum atomic E-state index is -5.09. The van der Waals surface area contributed by atoms with Crippen molar-refractivity contribution in [3.8, 4) is 0 Å². The van der Waals surface area contributed by atoms with E-state index in [2.05, 4.69) is 0 Å². The van der Waals surface area contributed by atoms with Gasteiger partial charge >= 0.3 is 18.4 Å². The standard InChI is InChI=1S/C17H14F6N2O3/c18-16(19,20)10-5-11(17(21,22)23)7-12(6-10)25-13(26)15(28-14(25)27)8-24-3-1-9(15)2-4-24/h5-7,9H,1-4,8H2. The Balaban J connectivity index is 1.78. The van der Waals surface area contributed by atoms with E-state index in [0.29, 0.717) is 43.0 Å². The van der Waals surface area contributed by atoms with Gasteiger partial charge in [0.1, 0.15) is 0 Å². The second kappa shape index (κ2) is 5.85. The number of ether oxygens (including phenoxy) is 1. The molecule has 4 saturated heterocycles. The van der Waals surface area contributed by atoms with Crippen LogP contribution in [0.5, 0.6) is 0 Å². The zero-order chi connectivity index (χ0) is 20.5. The third kappa shape index (κ3) is 2.83. The van der Waals surface area contributed by atoms with E-state index in [-0.39, 0.29) is 18.5 Å². The van der Waals surface area contributed by atoms with Gasteiger partial charge < -0.3 is 4.74 Å². The fraction of sp³-hybridized carbons (Fsp3) is 0.529. The molecular formula is C17H14F6N2O3. The van der Waals surface area contributed by atoms with E-state index in [0.717, 1.165) is 0 Å². The highest BCUT2D eigenvalue weighted by Gasteiger charge is 2.62. The van der Waals surface area contributed by atoms with E-state index < -0.39 is 46.8 Å². The quantitative estimate of drug-likeness (QED) is 0.666. The number of piperidine rings is 3. The Kier molecular flexibility index (Phi) is 3.98. The van der Waals surface area contributed by atoms with Crippen LogP contribution < -0.4 is 4.90 Å². The molecule has 1 atom stereocenters. The molecule has 28 heavy (non-hydrogen) atoms. The van der Waals surface area contributed by atoms with Crippen LogP contribution in [0, 0.1) is 5.92 Å². The Bertz CT molecular complexity index is 812. The number of nitrogens with zero attached hydrogens (tertiary/aromatic N) is 2. The fourth-order valence-corrected chi connectivity index (χ4v) is 4.18. The van der Waals surface area contributed by atoms with Gasteiger partial charge in [0, 0.05) is 12.5 Å². The summed E-state index contributed by atoms with van der Waals surface area (Å²) < 4.78 is 83.9. The summed E-state index contributed by atoms with van der Waals surface area (Å²) in [5.74, 6) is -1.23. The summed E-state index contributed by atoms with van der Waals surface area (Å²) in [6.07, 6.45) is -10.3. The number of rotatable bonds is 1. The zero-order valence-corrected chi connectivity index (χ0v) is 14.2. The van der Waals surface area contributed by atoms with Gasteiger partial charge in [0.05, 0.1) is 16.8 Å². The third-order valence-corrected chi connectivity index (χ3v) is 5.55. The van der Waals surface area contributed by atoms with Crippen LogP contribution in [0.25, 0.3) is 0 Å². The molecular weight excluding hydrogens is 394 g/mol. The van der Waals surface area contributed by atoms with Crippen molar-refractivity contribution in [3.63, 3.8) is 0 Å². The Labute approximate surface area is 154 Å². The number of halogens is 6. The summed E-state index contributed by atoms with van der Waals surface area (Å²) in [7, 11) is 0. The number of benzene rings is 1. The van der Waals surface area contributed by atoms with E-state index >= 15 is 0 Å². The summed E-state index contributed by atoms with van der Waals surface area (Å²) in [4.78, 5) is 27.5. The number of carbonyl (C=O) groups is 2. The lowest BCUT2D eigenvalue weighted by Crippen LogP contribution is -2.63. The van der Waals surface area contributed by atoms with Gasteiger partial charge in [-0.05, 0) is 44.1 Å². The highest BCUT2D eigenvalue weighted by molar-refractivity contribution is 6.20. The number of hydrogen-bond donors (Lipinski definition) is 0. The molecule has 0 saturated carbocycles. The highest BCUT2D eigenvalue weighted by atomic mass is 19.4. The van der Waals surface area contributed by atoms with Gasteiger partial charge in [-0.1, -0.05) is 0 Å². The van der Waals surface area contributed by atoms with Crippen LogP contribution in [-0.2, 0) is 21.9 Å². The summed E-state index contributed by atoms with van der Waals surface area (Å²) >= 11 is 0. The fourth-order valence-electron chi connectivity index (χ4n) is 4.18. The molecule has 4 aliphatic heterocycles. The van der Waals surface area contributed by atoms with Crippen molar-refractivity contribution in [2.24, 2.45) is 5.92 Å². The average molecular weight is 408 g/mol. The molecule has 0 aromatic heterocycles. The second-order valence-corrected chi connectivity index (χ2v) is 7.21. The van der Waals surface area contributed by atoms with Crippen molar-refractivity contribution in [1.29, 1.82) is 0 Å². The summed E-state index contributed by atoms with van der Waals surface area (Å²) in [5, 5.41) is 0. The molecule has 1 aromatic rings. The highest BCUT2D eigenvalue weighted by Crippen LogP contribution is 2.45. The minimum Gasteiger partial charge on any atom is -0.430 e. The van der Waals surface area contributed by atoms with E-state index in [4.69, 9.17) is 4.74 Å². The van der Waals surface area contributed by atoms with Crippen LogP contribution in [0.3, 0.4) is 0 Å². The van der Waals surface area contributed by atoms with E-state index in [1.54, 1.807) is 0 Å². The first-order chi connectivity index (χ1) is 12.9. The molecule has 11 heteroatoms. The molecule has 5 rings (SSSR count). The monoisotopic (exact) mass is 408 g/mol. The first-order valence-corrected chi connectivity index (χ1v) is 8.51. The van der Waals surface area contributed by atoms with Crippen LogP contribution in [0.2, 0.25) is 0 Å². The van der Waals surface area contributed by atoms with E-state index in [9.17, 15) is 35.9 Å². The van der Waals surface area contributed by atoms with Crippen molar-refractivity contribution < 1.29 is 40.7 Å². The van der Waals surface area contributed by atoms with Crippen LogP contribution in [0.4, 0.5) is 36.8 Å². The van der Waals surface area contributed by atoms with Crippen molar-refractivity contribution >= 4 is 17.7 Å². The summed E-state index contributed by atoms with van der Waals surface area (Å²) in [6, 6.07) is 0.656. The van der Waals surface area contributed by atoms with Gasteiger partial charge in [-0.25, -0.2) is 9.69 Å². The van der Waals surface area contributed by atoms with Gasteiger partial charge in [0.25, 0.3) is 5.91 Å². The number of alkyl halides is 6. The average Bonchev–Trinajstić information content (AvgIpc) is 2.84. The number of anilines is 1. The van der Waals surface area contributed by atoms with Gasteiger partial charge in [-0.3, -0.25) is 9.69 Å². The predicted octanol–water partition coefficient (Wildman–Crippen LogP) is 3.67. The zero-order valence-electron chi connectivity index (χ0n) is 14.2. The van der Waals surface area contributed by atoms with E-state index in [1.807, 2.05) is 4.90 Å². The van der Waals surface area contributed by atoms with Gasteiger partial charge in [0.2, 0.25) is 5.60 Å². The molecule has 5 nitrogen and oxygen atoms in total. The number of carbonyl (C=O) groups excluding carboxylic acids is 2. The lowest BCUT2D eigenvalue weighted by molar-refractivity contribution is -0.149. The molecule has 1 spiro atoms. The molecule has 1 unspecified atom stereocenters. The molecule has 1 aromatic carbocycles. The number of fused-ring (bicyclic) bond motifs is 2. The van der Waals surface area contributed by atoms with Gasteiger partial charge in [0.15, 0.2) is 0 Å². The molecule has 2 amide bonds. The SMILES string of the molecule is O=C1OC2(CN3CCC2CC3)C(=O)N1c1cc(C(F)(F)F)cc(C(F)(F)F)c1. The van der Waals surface area contributed by atoms with Gasteiger partial charge in [-0.2, -0.15) is 26.3 Å². The molecule has 2 bridgehead atoms. The smallest absolute Gasteiger partial charge is 0.422 e. The first kappa shape index (κ1) is 19.0. The normalized spacial score (nSPS) is 30.3. The molecule has 152 valence electrons. The Morgan fingerprint density at radius 3 is 1.89 bits per heavy atom. The van der Waals surface area contributed by atoms with Crippen LogP contribution in [0.15, 0.2) is 18.2 Å². The largest absolute Gasteiger partial charge is 0.430 e. The third-order valence-electron chi connectivity index (χ3n) is 5.55. The maximum atomic E-state index is 13.1. The summed E-state index contributed by atoms with van der Waals surface area (Å²) in [5.41, 5.74) is -5.56. The minimum absolute atomic E-state index is 0.0561. The number of hydrogen-bond acceptors (Lipinski definition) is 4. The second-order valence-electron chi connectivity index (χ2n) is 7.21. The van der Waals surface area contributed by atoms with Crippen molar-refractivity contribution in [2.45, 2.75) is 30.8 Å². The van der Waals surface area contributed by atoms with Crippen LogP contribution >= 0.6 is 0 Å². The molecule has 4 heterocycles. The summed E-state index contributed by atoms with van der Waals surface area (Å²) in [6.45, 7) is 1.47. The van der Waals surface area contributed by atoms with Crippen molar-refractivity contribution in [2.75, 3.05) is 24.5 Å². The van der Waals surface area contributed by atoms with Crippen molar-refractivity contribution in [1.82, 2.24) is 4.90 Å². The lowest BCUT2D eigenvalue weighted by atomic mass is 9.75. The maximum absolute atomic E-state index is 13.1. The molecule has 0 N–H and O–H groups in total. The van der Waals surface area contributed by atoms with Crippen LogP contribution in [-0.4, -0.2) is 42.1 Å². The van der Waals surface area contributed by atoms with Gasteiger partial charge in [-0.15, -0.1) is 0 Å². The maximum Gasteiger partial charge on any atom is 0.422 e. The molecule has 4 fully saturated rings. The topological polar surface area (TPSA) is 49.9 Å². The Morgan fingerprint density at radius 2 is 1.46 bits per heavy atom. The Morgan fingerprint density at radius 1 is 0.929 bits per heavy atom. The molecule has 4 aliphatic rings. The molecule has 0 aliphatic carbocycles. The number of imide groups is 1.